The zero-order valence-electron chi connectivity index (χ0n) is 13.5. The van der Waals surface area contributed by atoms with Crippen LogP contribution in [0.3, 0.4) is 0 Å². The summed E-state index contributed by atoms with van der Waals surface area (Å²) in [6.07, 6.45) is 3.74. The molecule has 0 aliphatic rings. The minimum atomic E-state index is -0.553. The Kier molecular flexibility index (Phi) is 5.46. The molecule has 7 heteroatoms. The van der Waals surface area contributed by atoms with Crippen molar-refractivity contribution in [3.63, 3.8) is 0 Å². The molecule has 23 heavy (non-hydrogen) atoms. The van der Waals surface area contributed by atoms with Crippen LogP contribution in [0.25, 0.3) is 5.65 Å². The molecule has 1 N–H and O–H groups in total. The SMILES string of the molecule is COC(=O)/C=C/C(=O)NCCCc1cc2nc(C)cc(C)n2n1. The van der Waals surface area contributed by atoms with Crippen molar-refractivity contribution in [3.8, 4) is 0 Å². The lowest BCUT2D eigenvalue weighted by Gasteiger charge is -2.00. The fourth-order valence-corrected chi connectivity index (χ4v) is 2.21. The van der Waals surface area contributed by atoms with Gasteiger partial charge in [0.05, 0.1) is 12.8 Å². The zero-order valence-corrected chi connectivity index (χ0v) is 13.5. The molecule has 0 aliphatic heterocycles. The Hall–Kier alpha value is -2.70. The van der Waals surface area contributed by atoms with E-state index in [-0.39, 0.29) is 5.91 Å². The number of methoxy groups -OCH3 is 1. The molecule has 7 nitrogen and oxygen atoms in total. The van der Waals surface area contributed by atoms with Gasteiger partial charge in [-0.3, -0.25) is 4.79 Å². The molecule has 2 heterocycles. The van der Waals surface area contributed by atoms with Gasteiger partial charge in [0.1, 0.15) is 0 Å². The van der Waals surface area contributed by atoms with E-state index in [0.29, 0.717) is 6.54 Å². The third-order valence-corrected chi connectivity index (χ3v) is 3.26. The Morgan fingerprint density at radius 1 is 1.30 bits per heavy atom. The highest BCUT2D eigenvalue weighted by Crippen LogP contribution is 2.10. The molecule has 1 amide bonds. The van der Waals surface area contributed by atoms with Gasteiger partial charge in [0.15, 0.2) is 5.65 Å². The number of esters is 1. The van der Waals surface area contributed by atoms with Crippen LogP contribution in [0.1, 0.15) is 23.5 Å². The smallest absolute Gasteiger partial charge is 0.330 e. The molecule has 0 saturated carbocycles. The van der Waals surface area contributed by atoms with E-state index in [2.05, 4.69) is 20.1 Å². The molecule has 0 aromatic carbocycles. The second-order valence-electron chi connectivity index (χ2n) is 5.20. The van der Waals surface area contributed by atoms with E-state index in [1.807, 2.05) is 30.5 Å². The molecule has 0 radical (unpaired) electrons. The summed E-state index contributed by atoms with van der Waals surface area (Å²) in [6.45, 7) is 4.45. The van der Waals surface area contributed by atoms with Crippen molar-refractivity contribution in [1.82, 2.24) is 19.9 Å². The van der Waals surface area contributed by atoms with Gasteiger partial charge in [0, 0.05) is 36.2 Å². The predicted molar refractivity (Wildman–Crippen MR) is 84.9 cm³/mol. The maximum absolute atomic E-state index is 11.5. The number of hydrogen-bond donors (Lipinski definition) is 1. The monoisotopic (exact) mass is 316 g/mol. The minimum Gasteiger partial charge on any atom is -0.466 e. The molecule has 2 rings (SSSR count). The average molecular weight is 316 g/mol. The van der Waals surface area contributed by atoms with Gasteiger partial charge in [0.25, 0.3) is 0 Å². The van der Waals surface area contributed by atoms with Crippen LogP contribution in [0, 0.1) is 13.8 Å². The first-order valence-corrected chi connectivity index (χ1v) is 7.36. The first kappa shape index (κ1) is 16.7. The molecule has 2 aromatic rings. The summed E-state index contributed by atoms with van der Waals surface area (Å²) in [7, 11) is 1.26. The zero-order chi connectivity index (χ0) is 16.8. The number of aromatic nitrogens is 3. The Morgan fingerprint density at radius 2 is 2.09 bits per heavy atom. The second-order valence-corrected chi connectivity index (χ2v) is 5.20. The largest absolute Gasteiger partial charge is 0.466 e. The fourth-order valence-electron chi connectivity index (χ4n) is 2.21. The van der Waals surface area contributed by atoms with Gasteiger partial charge in [-0.15, -0.1) is 0 Å². The lowest BCUT2D eigenvalue weighted by atomic mass is 10.2. The molecule has 0 atom stereocenters. The van der Waals surface area contributed by atoms with Crippen molar-refractivity contribution >= 4 is 17.5 Å². The van der Waals surface area contributed by atoms with E-state index in [4.69, 9.17) is 0 Å². The quantitative estimate of drug-likeness (QED) is 0.490. The molecule has 0 spiro atoms. The normalized spacial score (nSPS) is 11.1. The third-order valence-electron chi connectivity index (χ3n) is 3.26. The number of hydrogen-bond acceptors (Lipinski definition) is 5. The third kappa shape index (κ3) is 4.64. The summed E-state index contributed by atoms with van der Waals surface area (Å²) in [5.41, 5.74) is 3.78. The molecular weight excluding hydrogens is 296 g/mol. The van der Waals surface area contributed by atoms with Crippen molar-refractivity contribution in [2.75, 3.05) is 13.7 Å². The van der Waals surface area contributed by atoms with Crippen molar-refractivity contribution in [2.24, 2.45) is 0 Å². The highest BCUT2D eigenvalue weighted by atomic mass is 16.5. The van der Waals surface area contributed by atoms with E-state index in [1.54, 1.807) is 0 Å². The Balaban J connectivity index is 1.83. The maximum Gasteiger partial charge on any atom is 0.330 e. The summed E-state index contributed by atoms with van der Waals surface area (Å²) in [4.78, 5) is 26.8. The number of rotatable bonds is 6. The summed E-state index contributed by atoms with van der Waals surface area (Å²) < 4.78 is 6.23. The van der Waals surface area contributed by atoms with Crippen molar-refractivity contribution in [1.29, 1.82) is 0 Å². The van der Waals surface area contributed by atoms with Gasteiger partial charge >= 0.3 is 5.97 Å². The van der Waals surface area contributed by atoms with Crippen LogP contribution >= 0.6 is 0 Å². The highest BCUT2D eigenvalue weighted by molar-refractivity contribution is 5.94. The summed E-state index contributed by atoms with van der Waals surface area (Å²) >= 11 is 0. The number of carbonyl (C=O) groups is 2. The van der Waals surface area contributed by atoms with Crippen molar-refractivity contribution < 1.29 is 14.3 Å². The Labute approximate surface area is 134 Å². The van der Waals surface area contributed by atoms with E-state index in [0.717, 1.165) is 47.7 Å². The molecular formula is C16H20N4O3. The van der Waals surface area contributed by atoms with Crippen LogP contribution in [0.4, 0.5) is 0 Å². The first-order chi connectivity index (χ1) is 11.0. The van der Waals surface area contributed by atoms with Crippen LogP contribution in [0.2, 0.25) is 0 Å². The van der Waals surface area contributed by atoms with Crippen molar-refractivity contribution in [2.45, 2.75) is 26.7 Å². The molecule has 0 aliphatic carbocycles. The summed E-state index contributed by atoms with van der Waals surface area (Å²) in [5.74, 6) is -0.874. The highest BCUT2D eigenvalue weighted by Gasteiger charge is 2.06. The minimum absolute atomic E-state index is 0.321. The second kappa shape index (κ2) is 7.53. The van der Waals surface area contributed by atoms with E-state index >= 15 is 0 Å². The molecule has 0 fully saturated rings. The number of nitrogens with one attached hydrogen (secondary N) is 1. The van der Waals surface area contributed by atoms with Crippen LogP contribution in [0.15, 0.2) is 24.3 Å². The Morgan fingerprint density at radius 3 is 2.83 bits per heavy atom. The molecule has 122 valence electrons. The van der Waals surface area contributed by atoms with E-state index < -0.39 is 5.97 Å². The maximum atomic E-state index is 11.5. The van der Waals surface area contributed by atoms with E-state index in [9.17, 15) is 9.59 Å². The topological polar surface area (TPSA) is 85.6 Å². The number of ether oxygens (including phenoxy) is 1. The number of aryl methyl sites for hydroxylation is 3. The Bertz CT molecular complexity index is 749. The number of nitrogens with zero attached hydrogens (tertiary/aromatic N) is 3. The molecule has 0 bridgehead atoms. The molecule has 2 aromatic heterocycles. The fraction of sp³-hybridized carbons (Fsp3) is 0.375. The van der Waals surface area contributed by atoms with Gasteiger partial charge in [-0.25, -0.2) is 14.3 Å². The van der Waals surface area contributed by atoms with Gasteiger partial charge in [-0.05, 0) is 32.8 Å². The predicted octanol–water partition coefficient (Wildman–Crippen LogP) is 1.12. The standard InChI is InChI=1S/C16H20N4O3/c1-11-9-12(2)20-14(18-11)10-13(19-20)5-4-8-17-15(21)6-7-16(22)23-3/h6-7,9-10H,4-5,8H2,1-3H3,(H,17,21)/b7-6+. The van der Waals surface area contributed by atoms with Crippen LogP contribution in [-0.4, -0.2) is 40.1 Å². The van der Waals surface area contributed by atoms with E-state index in [1.165, 1.54) is 7.11 Å². The lowest BCUT2D eigenvalue weighted by Crippen LogP contribution is -2.22. The number of amides is 1. The van der Waals surface area contributed by atoms with Gasteiger partial charge in [0.2, 0.25) is 5.91 Å². The molecule has 0 saturated heterocycles. The van der Waals surface area contributed by atoms with Crippen LogP contribution in [-0.2, 0) is 20.7 Å². The van der Waals surface area contributed by atoms with Crippen LogP contribution in [0.5, 0.6) is 0 Å². The van der Waals surface area contributed by atoms with Gasteiger partial charge < -0.3 is 10.1 Å². The lowest BCUT2D eigenvalue weighted by molar-refractivity contribution is -0.135. The summed E-state index contributed by atoms with van der Waals surface area (Å²) in [5, 5.41) is 7.21. The average Bonchev–Trinajstić information content (AvgIpc) is 2.92. The number of carbonyl (C=O) groups excluding carboxylic acids is 2. The first-order valence-electron chi connectivity index (χ1n) is 7.36. The van der Waals surface area contributed by atoms with Crippen molar-refractivity contribution in [3.05, 3.63) is 41.4 Å². The molecule has 0 unspecified atom stereocenters. The number of fused-ring (bicyclic) bond motifs is 1. The summed E-state index contributed by atoms with van der Waals surface area (Å²) in [6, 6.07) is 3.94. The van der Waals surface area contributed by atoms with Gasteiger partial charge in [-0.2, -0.15) is 5.10 Å². The van der Waals surface area contributed by atoms with Gasteiger partial charge in [-0.1, -0.05) is 0 Å². The van der Waals surface area contributed by atoms with Crippen LogP contribution < -0.4 is 5.32 Å².